The van der Waals surface area contributed by atoms with Crippen molar-refractivity contribution in [1.29, 1.82) is 0 Å². The van der Waals surface area contributed by atoms with Crippen LogP contribution in [0.2, 0.25) is 5.02 Å². The molecule has 0 amide bonds. The van der Waals surface area contributed by atoms with Crippen molar-refractivity contribution in [2.24, 2.45) is 11.7 Å². The van der Waals surface area contributed by atoms with Gasteiger partial charge in [-0.1, -0.05) is 17.7 Å². The van der Waals surface area contributed by atoms with Crippen LogP contribution < -0.4 is 5.73 Å². The van der Waals surface area contributed by atoms with E-state index in [1.165, 1.54) is 0 Å². The van der Waals surface area contributed by atoms with Crippen molar-refractivity contribution in [3.05, 3.63) is 34.3 Å². The molecule has 1 fully saturated rings. The molecule has 0 aliphatic heterocycles. The number of rotatable bonds is 3. The molecule has 2 nitrogen and oxygen atoms in total. The molecule has 3 N–H and O–H groups in total. The van der Waals surface area contributed by atoms with Crippen molar-refractivity contribution >= 4 is 24.0 Å². The van der Waals surface area contributed by atoms with Crippen LogP contribution >= 0.6 is 24.0 Å². The predicted molar refractivity (Wildman–Crippen MR) is 69.1 cm³/mol. The van der Waals surface area contributed by atoms with Gasteiger partial charge >= 0.3 is 0 Å². The van der Waals surface area contributed by atoms with Gasteiger partial charge in [0.15, 0.2) is 0 Å². The molecule has 1 saturated carbocycles. The Morgan fingerprint density at radius 2 is 2.06 bits per heavy atom. The van der Waals surface area contributed by atoms with E-state index >= 15 is 0 Å². The molecule has 0 bridgehead atoms. The van der Waals surface area contributed by atoms with Gasteiger partial charge in [-0.2, -0.15) is 0 Å². The molecule has 0 unspecified atom stereocenters. The molecule has 0 radical (unpaired) electrons. The lowest BCUT2D eigenvalue weighted by molar-refractivity contribution is 0.122. The van der Waals surface area contributed by atoms with Crippen molar-refractivity contribution in [2.75, 3.05) is 0 Å². The third-order valence-corrected chi connectivity index (χ3v) is 3.30. The van der Waals surface area contributed by atoms with E-state index in [0.29, 0.717) is 10.9 Å². The number of hydrogen-bond acceptors (Lipinski definition) is 2. The zero-order valence-electron chi connectivity index (χ0n) is 9.19. The first-order valence-corrected chi connectivity index (χ1v) is 5.67. The van der Waals surface area contributed by atoms with Gasteiger partial charge in [0.1, 0.15) is 0 Å². The van der Waals surface area contributed by atoms with Crippen LogP contribution in [0.1, 0.15) is 30.0 Å². The van der Waals surface area contributed by atoms with Crippen molar-refractivity contribution in [2.45, 2.75) is 31.9 Å². The van der Waals surface area contributed by atoms with Gasteiger partial charge in [-0.25, -0.2) is 0 Å². The summed E-state index contributed by atoms with van der Waals surface area (Å²) in [5, 5.41) is 10.7. The second-order valence-corrected chi connectivity index (χ2v) is 4.79. The molecular weight excluding hydrogens is 245 g/mol. The summed E-state index contributed by atoms with van der Waals surface area (Å²) in [5.41, 5.74) is 8.09. The minimum atomic E-state index is -0.412. The van der Waals surface area contributed by atoms with Gasteiger partial charge in [0, 0.05) is 5.02 Å². The topological polar surface area (TPSA) is 46.2 Å². The van der Waals surface area contributed by atoms with Crippen molar-refractivity contribution in [3.63, 3.8) is 0 Å². The van der Waals surface area contributed by atoms with Crippen LogP contribution in [0.3, 0.4) is 0 Å². The van der Waals surface area contributed by atoms with E-state index in [1.807, 2.05) is 25.1 Å². The van der Waals surface area contributed by atoms with Crippen LogP contribution in [0.25, 0.3) is 0 Å². The highest BCUT2D eigenvalue weighted by molar-refractivity contribution is 6.30. The Kier molecular flexibility index (Phi) is 4.62. The molecule has 16 heavy (non-hydrogen) atoms. The SMILES string of the molecule is Cc1cc(Cl)ccc1[C@@H](N)[C@@H](O)C1CC1.Cl. The van der Waals surface area contributed by atoms with Gasteiger partial charge in [-0.3, -0.25) is 0 Å². The van der Waals surface area contributed by atoms with Crippen molar-refractivity contribution < 1.29 is 5.11 Å². The van der Waals surface area contributed by atoms with Gasteiger partial charge in [0.2, 0.25) is 0 Å². The highest BCUT2D eigenvalue weighted by atomic mass is 35.5. The van der Waals surface area contributed by atoms with E-state index < -0.39 is 6.10 Å². The zero-order chi connectivity index (χ0) is 11.0. The lowest BCUT2D eigenvalue weighted by Gasteiger charge is -2.20. The van der Waals surface area contributed by atoms with Crippen LogP contribution in [0.5, 0.6) is 0 Å². The molecule has 0 heterocycles. The molecule has 2 rings (SSSR count). The molecule has 0 saturated heterocycles. The second-order valence-electron chi connectivity index (χ2n) is 4.35. The van der Waals surface area contributed by atoms with Gasteiger partial charge < -0.3 is 10.8 Å². The zero-order valence-corrected chi connectivity index (χ0v) is 10.8. The number of benzene rings is 1. The molecule has 1 aliphatic carbocycles. The summed E-state index contributed by atoms with van der Waals surface area (Å²) >= 11 is 5.87. The Balaban J connectivity index is 0.00000128. The maximum atomic E-state index is 9.95. The number of aryl methyl sites for hydroxylation is 1. The first-order valence-electron chi connectivity index (χ1n) is 5.29. The lowest BCUT2D eigenvalue weighted by Crippen LogP contribution is -2.28. The number of hydrogen-bond donors (Lipinski definition) is 2. The Morgan fingerprint density at radius 1 is 1.44 bits per heavy atom. The van der Waals surface area contributed by atoms with Crippen molar-refractivity contribution in [3.8, 4) is 0 Å². The summed E-state index contributed by atoms with van der Waals surface area (Å²) in [6, 6.07) is 5.34. The highest BCUT2D eigenvalue weighted by Gasteiger charge is 2.34. The summed E-state index contributed by atoms with van der Waals surface area (Å²) in [6.07, 6.45) is 1.79. The van der Waals surface area contributed by atoms with E-state index in [0.717, 1.165) is 24.0 Å². The lowest BCUT2D eigenvalue weighted by atomic mass is 9.95. The van der Waals surface area contributed by atoms with E-state index in [1.54, 1.807) is 0 Å². The molecule has 4 heteroatoms. The van der Waals surface area contributed by atoms with E-state index in [4.69, 9.17) is 17.3 Å². The van der Waals surface area contributed by atoms with Gasteiger partial charge in [0.25, 0.3) is 0 Å². The number of aliphatic hydroxyl groups is 1. The molecule has 1 aromatic carbocycles. The normalized spacial score (nSPS) is 18.8. The molecule has 1 aromatic rings. The van der Waals surface area contributed by atoms with E-state index in [-0.39, 0.29) is 18.4 Å². The first-order chi connectivity index (χ1) is 7.09. The fourth-order valence-corrected chi connectivity index (χ4v) is 2.15. The molecule has 0 aromatic heterocycles. The Hall–Kier alpha value is -0.280. The van der Waals surface area contributed by atoms with E-state index in [2.05, 4.69) is 0 Å². The minimum absolute atomic E-state index is 0. The summed E-state index contributed by atoms with van der Waals surface area (Å²) < 4.78 is 0. The first kappa shape index (κ1) is 13.8. The number of nitrogens with two attached hydrogens (primary N) is 1. The Morgan fingerprint density at radius 3 is 2.56 bits per heavy atom. The summed E-state index contributed by atoms with van der Waals surface area (Å²) in [6.45, 7) is 1.97. The average Bonchev–Trinajstić information content (AvgIpc) is 2.99. The second kappa shape index (κ2) is 5.37. The maximum absolute atomic E-state index is 9.95. The monoisotopic (exact) mass is 261 g/mol. The summed E-state index contributed by atoms with van der Waals surface area (Å²) in [5.74, 6) is 0.398. The van der Waals surface area contributed by atoms with Crippen molar-refractivity contribution in [1.82, 2.24) is 0 Å². The molecular formula is C12H17Cl2NO. The smallest absolute Gasteiger partial charge is 0.0760 e. The molecule has 2 atom stereocenters. The van der Waals surface area contributed by atoms with Crippen LogP contribution in [-0.4, -0.2) is 11.2 Å². The molecule has 1 aliphatic rings. The maximum Gasteiger partial charge on any atom is 0.0760 e. The summed E-state index contributed by atoms with van der Waals surface area (Å²) in [7, 11) is 0. The Labute approximate surface area is 107 Å². The summed E-state index contributed by atoms with van der Waals surface area (Å²) in [4.78, 5) is 0. The Bertz CT molecular complexity index is 366. The quantitative estimate of drug-likeness (QED) is 0.879. The van der Waals surface area contributed by atoms with Crippen LogP contribution in [0.4, 0.5) is 0 Å². The fourth-order valence-electron chi connectivity index (χ4n) is 1.93. The fraction of sp³-hybridized carbons (Fsp3) is 0.500. The standard InChI is InChI=1S/C12H16ClNO.ClH/c1-7-6-9(13)4-5-10(7)11(14)12(15)8-2-3-8;/h4-6,8,11-12,15H,2-3,14H2,1H3;1H/t11-,12+;/m1./s1. The van der Waals surface area contributed by atoms with Gasteiger partial charge in [0.05, 0.1) is 12.1 Å². The molecule has 90 valence electrons. The van der Waals surface area contributed by atoms with Crippen LogP contribution in [0, 0.1) is 12.8 Å². The van der Waals surface area contributed by atoms with Crippen LogP contribution in [0.15, 0.2) is 18.2 Å². The van der Waals surface area contributed by atoms with Crippen LogP contribution in [-0.2, 0) is 0 Å². The number of aliphatic hydroxyl groups excluding tert-OH is 1. The number of halogens is 2. The van der Waals surface area contributed by atoms with Gasteiger partial charge in [-0.05, 0) is 48.9 Å². The third kappa shape index (κ3) is 2.89. The van der Waals surface area contributed by atoms with E-state index in [9.17, 15) is 5.11 Å². The minimum Gasteiger partial charge on any atom is -0.391 e. The third-order valence-electron chi connectivity index (χ3n) is 3.06. The van der Waals surface area contributed by atoms with Gasteiger partial charge in [-0.15, -0.1) is 12.4 Å². The molecule has 0 spiro atoms. The average molecular weight is 262 g/mol. The highest BCUT2D eigenvalue weighted by Crippen LogP contribution is 2.37. The predicted octanol–water partition coefficient (Wildman–Crippen LogP) is 2.84. The largest absolute Gasteiger partial charge is 0.391 e.